The van der Waals surface area contributed by atoms with E-state index in [1.807, 2.05) is 22.4 Å². The Bertz CT molecular complexity index is 1190. The van der Waals surface area contributed by atoms with Crippen molar-refractivity contribution in [2.24, 2.45) is 16.7 Å². The second-order valence-corrected chi connectivity index (χ2v) is 12.3. The molecular formula is C26H31N3O2S2. The van der Waals surface area contributed by atoms with Gasteiger partial charge in [-0.2, -0.15) is 0 Å². The molecule has 7 heteroatoms. The van der Waals surface area contributed by atoms with Crippen LogP contribution < -0.4 is 5.32 Å². The van der Waals surface area contributed by atoms with Crippen LogP contribution in [0, 0.1) is 16.7 Å². The lowest BCUT2D eigenvalue weighted by Crippen LogP contribution is -2.40. The first kappa shape index (κ1) is 22.5. The third kappa shape index (κ3) is 3.89. The fourth-order valence-corrected chi connectivity index (χ4v) is 7.29. The van der Waals surface area contributed by atoms with Gasteiger partial charge in [0.05, 0.1) is 5.01 Å². The number of hydrogen-bond donors (Lipinski definition) is 1. The summed E-state index contributed by atoms with van der Waals surface area (Å²) in [5, 5.41) is 9.21. The molecule has 33 heavy (non-hydrogen) atoms. The molecule has 0 spiro atoms. The van der Waals surface area contributed by atoms with Crippen molar-refractivity contribution < 1.29 is 9.59 Å². The van der Waals surface area contributed by atoms with Crippen LogP contribution in [0.4, 0.5) is 0 Å². The lowest BCUT2D eigenvalue weighted by Gasteiger charge is -2.31. The molecule has 5 nitrogen and oxygen atoms in total. The number of aromatic nitrogens is 1. The molecule has 174 valence electrons. The molecule has 1 saturated heterocycles. The van der Waals surface area contributed by atoms with Crippen molar-refractivity contribution in [2.75, 3.05) is 13.1 Å². The molecule has 1 saturated carbocycles. The van der Waals surface area contributed by atoms with Crippen molar-refractivity contribution in [3.63, 3.8) is 0 Å². The van der Waals surface area contributed by atoms with E-state index in [1.165, 1.54) is 10.1 Å². The SMILES string of the molecule is CC1(C)C(C(=O)N2CCC(c3nc(C(=O)NCc4csc5ccccc45)cs3)CC2)C1(C)C. The molecule has 0 bridgehead atoms. The number of rotatable bonds is 5. The zero-order valence-electron chi connectivity index (χ0n) is 19.7. The van der Waals surface area contributed by atoms with E-state index >= 15 is 0 Å². The molecule has 2 fully saturated rings. The Morgan fingerprint density at radius 1 is 1.06 bits per heavy atom. The van der Waals surface area contributed by atoms with Gasteiger partial charge in [-0.3, -0.25) is 9.59 Å². The molecule has 1 aromatic carbocycles. The maximum Gasteiger partial charge on any atom is 0.271 e. The Morgan fingerprint density at radius 3 is 2.45 bits per heavy atom. The van der Waals surface area contributed by atoms with Gasteiger partial charge in [0.2, 0.25) is 5.91 Å². The van der Waals surface area contributed by atoms with E-state index in [0.29, 0.717) is 24.1 Å². The molecule has 2 amide bonds. The molecule has 1 aliphatic heterocycles. The fourth-order valence-electron chi connectivity index (χ4n) is 5.36. The Hall–Kier alpha value is -2.25. The van der Waals surface area contributed by atoms with Gasteiger partial charge in [0.15, 0.2) is 0 Å². The van der Waals surface area contributed by atoms with E-state index in [9.17, 15) is 9.59 Å². The van der Waals surface area contributed by atoms with Gasteiger partial charge in [-0.05, 0) is 46.1 Å². The molecule has 1 N–H and O–H groups in total. The number of thiazole rings is 1. The molecule has 0 atom stereocenters. The molecule has 0 radical (unpaired) electrons. The van der Waals surface area contributed by atoms with Crippen LogP contribution in [0.25, 0.3) is 10.1 Å². The van der Waals surface area contributed by atoms with E-state index in [-0.39, 0.29) is 22.7 Å². The van der Waals surface area contributed by atoms with E-state index in [1.54, 1.807) is 22.7 Å². The maximum absolute atomic E-state index is 13.0. The highest BCUT2D eigenvalue weighted by Gasteiger charge is 2.68. The van der Waals surface area contributed by atoms with Crippen LogP contribution in [0.2, 0.25) is 0 Å². The number of carbonyl (C=O) groups excluding carboxylic acids is 2. The number of nitrogens with one attached hydrogen (secondary N) is 1. The number of amides is 2. The summed E-state index contributed by atoms with van der Waals surface area (Å²) in [4.78, 5) is 32.5. The quantitative estimate of drug-likeness (QED) is 0.510. The van der Waals surface area contributed by atoms with Gasteiger partial charge < -0.3 is 10.2 Å². The summed E-state index contributed by atoms with van der Waals surface area (Å²) in [5.74, 6) is 0.626. The second-order valence-electron chi connectivity index (χ2n) is 10.5. The van der Waals surface area contributed by atoms with Gasteiger partial charge in [0, 0.05) is 41.6 Å². The Labute approximate surface area is 203 Å². The van der Waals surface area contributed by atoms with Crippen molar-refractivity contribution in [3.8, 4) is 0 Å². The molecule has 1 aliphatic carbocycles. The lowest BCUT2D eigenvalue weighted by atomic mass is 9.96. The van der Waals surface area contributed by atoms with Crippen molar-refractivity contribution >= 4 is 44.6 Å². The summed E-state index contributed by atoms with van der Waals surface area (Å²) in [6, 6.07) is 8.25. The average molecular weight is 482 g/mol. The zero-order chi connectivity index (χ0) is 23.4. The van der Waals surface area contributed by atoms with Crippen LogP contribution >= 0.6 is 22.7 Å². The minimum absolute atomic E-state index is 0.0772. The van der Waals surface area contributed by atoms with E-state index in [0.717, 1.165) is 36.5 Å². The van der Waals surface area contributed by atoms with Crippen LogP contribution in [0.15, 0.2) is 35.0 Å². The molecular weight excluding hydrogens is 450 g/mol. The zero-order valence-corrected chi connectivity index (χ0v) is 21.3. The van der Waals surface area contributed by atoms with Gasteiger partial charge in [0.25, 0.3) is 5.91 Å². The number of nitrogens with zero attached hydrogens (tertiary/aromatic N) is 2. The van der Waals surface area contributed by atoms with E-state index in [4.69, 9.17) is 0 Å². The number of benzene rings is 1. The van der Waals surface area contributed by atoms with Crippen LogP contribution in [0.3, 0.4) is 0 Å². The molecule has 3 heterocycles. The lowest BCUT2D eigenvalue weighted by molar-refractivity contribution is -0.134. The smallest absolute Gasteiger partial charge is 0.271 e. The number of piperidine rings is 1. The van der Waals surface area contributed by atoms with Gasteiger partial charge in [0.1, 0.15) is 5.69 Å². The summed E-state index contributed by atoms with van der Waals surface area (Å²) in [7, 11) is 0. The summed E-state index contributed by atoms with van der Waals surface area (Å²) < 4.78 is 1.23. The Morgan fingerprint density at radius 2 is 1.76 bits per heavy atom. The maximum atomic E-state index is 13.0. The largest absolute Gasteiger partial charge is 0.347 e. The van der Waals surface area contributed by atoms with E-state index < -0.39 is 0 Å². The summed E-state index contributed by atoms with van der Waals surface area (Å²) in [6.07, 6.45) is 1.82. The van der Waals surface area contributed by atoms with Gasteiger partial charge >= 0.3 is 0 Å². The predicted octanol–water partition coefficient (Wildman–Crippen LogP) is 5.68. The third-order valence-corrected chi connectivity index (χ3v) is 10.2. The fraction of sp³-hybridized carbons (Fsp3) is 0.500. The van der Waals surface area contributed by atoms with Crippen LogP contribution in [0.1, 0.15) is 67.5 Å². The monoisotopic (exact) mass is 481 g/mol. The second kappa shape index (κ2) is 8.20. The van der Waals surface area contributed by atoms with Crippen molar-refractivity contribution in [2.45, 2.75) is 53.0 Å². The highest BCUT2D eigenvalue weighted by molar-refractivity contribution is 7.17. The highest BCUT2D eigenvalue weighted by Crippen LogP contribution is 2.68. The minimum atomic E-state index is -0.126. The molecule has 3 aromatic rings. The van der Waals surface area contributed by atoms with Gasteiger partial charge in [-0.25, -0.2) is 4.98 Å². The highest BCUT2D eigenvalue weighted by atomic mass is 32.1. The molecule has 5 rings (SSSR count). The third-order valence-electron chi connectivity index (χ3n) is 8.18. The van der Waals surface area contributed by atoms with Crippen LogP contribution in [-0.2, 0) is 11.3 Å². The average Bonchev–Trinajstić information content (AvgIpc) is 3.27. The van der Waals surface area contributed by atoms with Gasteiger partial charge in [-0.1, -0.05) is 45.9 Å². The predicted molar refractivity (Wildman–Crippen MR) is 135 cm³/mol. The first-order chi connectivity index (χ1) is 15.7. The number of thiophene rings is 1. The summed E-state index contributed by atoms with van der Waals surface area (Å²) in [6.45, 7) is 10.9. The van der Waals surface area contributed by atoms with Crippen LogP contribution in [-0.4, -0.2) is 34.8 Å². The first-order valence-electron chi connectivity index (χ1n) is 11.7. The Kier molecular flexibility index (Phi) is 5.60. The number of fused-ring (bicyclic) bond motifs is 1. The topological polar surface area (TPSA) is 62.3 Å². The first-order valence-corrected chi connectivity index (χ1v) is 13.4. The Balaban J connectivity index is 1.16. The standard InChI is InChI=1S/C26H31N3O2S2/c1-25(2)21(26(25,3)4)24(31)29-11-9-16(10-12-29)23-28-19(15-33-23)22(30)27-13-17-14-32-20-8-6-5-7-18(17)20/h5-8,14-16,21H,9-13H2,1-4H3,(H,27,30). The number of hydrogen-bond acceptors (Lipinski definition) is 5. The van der Waals surface area contributed by atoms with Crippen LogP contribution in [0.5, 0.6) is 0 Å². The molecule has 2 aromatic heterocycles. The molecule has 2 aliphatic rings. The minimum Gasteiger partial charge on any atom is -0.347 e. The normalized spacial score (nSPS) is 20.2. The number of likely N-dealkylation sites (tertiary alicyclic amines) is 1. The van der Waals surface area contributed by atoms with Crippen molar-refractivity contribution in [1.82, 2.24) is 15.2 Å². The van der Waals surface area contributed by atoms with Crippen molar-refractivity contribution in [1.29, 1.82) is 0 Å². The summed E-state index contributed by atoms with van der Waals surface area (Å²) >= 11 is 3.26. The summed E-state index contributed by atoms with van der Waals surface area (Å²) in [5.41, 5.74) is 1.79. The van der Waals surface area contributed by atoms with Gasteiger partial charge in [-0.15, -0.1) is 22.7 Å². The molecule has 0 unspecified atom stereocenters. The number of carbonyl (C=O) groups is 2. The van der Waals surface area contributed by atoms with E-state index in [2.05, 4.69) is 55.5 Å². The van der Waals surface area contributed by atoms with Crippen molar-refractivity contribution in [3.05, 3.63) is 51.3 Å².